The van der Waals surface area contributed by atoms with Crippen LogP contribution in [0.1, 0.15) is 54.3 Å². The number of thiophene rings is 1. The van der Waals surface area contributed by atoms with Crippen molar-refractivity contribution in [3.63, 3.8) is 0 Å². The number of esters is 1. The Balaban J connectivity index is 1.73. The number of rotatable bonds is 7. The molecule has 6 nitrogen and oxygen atoms in total. The van der Waals surface area contributed by atoms with Gasteiger partial charge < -0.3 is 14.7 Å². The Labute approximate surface area is 174 Å². The fourth-order valence-corrected chi connectivity index (χ4v) is 4.61. The second-order valence-corrected chi connectivity index (χ2v) is 8.36. The third-order valence-electron chi connectivity index (χ3n) is 5.12. The van der Waals surface area contributed by atoms with E-state index in [1.807, 2.05) is 35.2 Å². The summed E-state index contributed by atoms with van der Waals surface area (Å²) >= 11 is 1.26. The number of amides is 1. The van der Waals surface area contributed by atoms with Crippen LogP contribution in [0.3, 0.4) is 0 Å². The first-order valence-electron chi connectivity index (χ1n) is 9.79. The van der Waals surface area contributed by atoms with Crippen LogP contribution in [0.2, 0.25) is 0 Å². The number of hydrogen-bond donors (Lipinski definition) is 1. The van der Waals surface area contributed by atoms with E-state index in [0.29, 0.717) is 17.5 Å². The smallest absolute Gasteiger partial charge is 0.348 e. The lowest BCUT2D eigenvalue weighted by Gasteiger charge is -2.34. The molecule has 0 spiro atoms. The lowest BCUT2D eigenvalue weighted by molar-refractivity contribution is -0.140. The Bertz CT molecular complexity index is 885. The van der Waals surface area contributed by atoms with Gasteiger partial charge in [0.1, 0.15) is 4.88 Å². The third-order valence-corrected chi connectivity index (χ3v) is 6.23. The van der Waals surface area contributed by atoms with Crippen molar-refractivity contribution in [3.05, 3.63) is 46.8 Å². The first-order chi connectivity index (χ1) is 13.9. The van der Waals surface area contributed by atoms with E-state index >= 15 is 0 Å². The van der Waals surface area contributed by atoms with E-state index in [1.54, 1.807) is 13.0 Å². The third kappa shape index (κ3) is 5.67. The number of carbonyl (C=O) groups excluding carboxylic acids is 2. The van der Waals surface area contributed by atoms with Gasteiger partial charge in [-0.05, 0) is 42.2 Å². The van der Waals surface area contributed by atoms with Gasteiger partial charge >= 0.3 is 11.9 Å². The Morgan fingerprint density at radius 3 is 2.59 bits per heavy atom. The van der Waals surface area contributed by atoms with Crippen molar-refractivity contribution in [2.45, 2.75) is 51.6 Å². The minimum absolute atomic E-state index is 0.0990. The number of hydrogen-bond acceptors (Lipinski definition) is 5. The molecule has 1 amide bonds. The fourth-order valence-electron chi connectivity index (χ4n) is 3.71. The van der Waals surface area contributed by atoms with Crippen LogP contribution in [-0.4, -0.2) is 40.5 Å². The van der Waals surface area contributed by atoms with Crippen molar-refractivity contribution in [1.82, 2.24) is 4.90 Å². The van der Waals surface area contributed by atoms with Crippen molar-refractivity contribution in [2.75, 3.05) is 6.61 Å². The zero-order valence-corrected chi connectivity index (χ0v) is 17.2. The number of ether oxygens (including phenoxy) is 1. The van der Waals surface area contributed by atoms with Gasteiger partial charge in [0.15, 0.2) is 6.61 Å². The molecule has 1 N–H and O–H groups in total. The molecule has 1 aliphatic carbocycles. The number of carboxylic acid groups (broad SMARTS) is 1. The van der Waals surface area contributed by atoms with Gasteiger partial charge in [-0.3, -0.25) is 4.79 Å². The Morgan fingerprint density at radius 1 is 1.14 bits per heavy atom. The second-order valence-electron chi connectivity index (χ2n) is 7.27. The summed E-state index contributed by atoms with van der Waals surface area (Å²) in [5.74, 6) is -1.72. The van der Waals surface area contributed by atoms with E-state index in [9.17, 15) is 14.4 Å². The molecule has 1 aliphatic rings. The van der Waals surface area contributed by atoms with Gasteiger partial charge in [0.2, 0.25) is 5.91 Å². The molecule has 0 aliphatic heterocycles. The minimum Gasteiger partial charge on any atom is -0.479 e. The molecule has 2 aromatic rings. The van der Waals surface area contributed by atoms with E-state index in [-0.39, 0.29) is 5.91 Å². The molecule has 0 atom stereocenters. The van der Waals surface area contributed by atoms with Gasteiger partial charge in [-0.2, -0.15) is 0 Å². The van der Waals surface area contributed by atoms with Gasteiger partial charge in [0.05, 0.1) is 0 Å². The highest BCUT2D eigenvalue weighted by molar-refractivity contribution is 7.17. The predicted octanol–water partition coefficient (Wildman–Crippen LogP) is 4.34. The molecule has 7 heteroatoms. The van der Waals surface area contributed by atoms with E-state index in [4.69, 9.17) is 9.84 Å². The topological polar surface area (TPSA) is 83.9 Å². The molecule has 1 heterocycles. The van der Waals surface area contributed by atoms with Crippen LogP contribution in [0.5, 0.6) is 0 Å². The zero-order chi connectivity index (χ0) is 20.8. The van der Waals surface area contributed by atoms with Crippen LogP contribution in [0.15, 0.2) is 36.4 Å². The largest absolute Gasteiger partial charge is 0.479 e. The summed E-state index contributed by atoms with van der Waals surface area (Å²) in [6, 6.07) is 11.7. The van der Waals surface area contributed by atoms with Crippen molar-refractivity contribution in [2.24, 2.45) is 0 Å². The van der Waals surface area contributed by atoms with E-state index in [2.05, 4.69) is 0 Å². The second kappa shape index (κ2) is 9.69. The molecule has 1 aromatic carbocycles. The molecule has 0 bridgehead atoms. The monoisotopic (exact) mass is 415 g/mol. The maximum Gasteiger partial charge on any atom is 0.348 e. The molecule has 29 heavy (non-hydrogen) atoms. The average molecular weight is 416 g/mol. The van der Waals surface area contributed by atoms with Crippen LogP contribution in [0.25, 0.3) is 10.4 Å². The molecule has 0 radical (unpaired) electrons. The van der Waals surface area contributed by atoms with Crippen LogP contribution in [-0.2, 0) is 20.9 Å². The first kappa shape index (κ1) is 21.0. The van der Waals surface area contributed by atoms with Crippen LogP contribution >= 0.6 is 11.3 Å². The minimum atomic E-state index is -1.18. The predicted molar refractivity (Wildman–Crippen MR) is 111 cm³/mol. The van der Waals surface area contributed by atoms with Gasteiger partial charge in [-0.15, -0.1) is 11.3 Å². The van der Waals surface area contributed by atoms with Crippen LogP contribution < -0.4 is 0 Å². The highest BCUT2D eigenvalue weighted by Crippen LogP contribution is 2.30. The summed E-state index contributed by atoms with van der Waals surface area (Å²) in [7, 11) is 0. The fraction of sp³-hybridized carbons (Fsp3) is 0.409. The summed E-state index contributed by atoms with van der Waals surface area (Å²) in [6.07, 6.45) is 5.71. The molecular formula is C22H25NO5S. The number of benzene rings is 1. The van der Waals surface area contributed by atoms with Crippen molar-refractivity contribution >= 4 is 29.2 Å². The maximum absolute atomic E-state index is 12.2. The lowest BCUT2D eigenvalue weighted by atomic mass is 9.93. The SMILES string of the molecule is CC(=O)N(Cc1cccc(-c2ccc(C(=O)OCC(=O)O)s2)c1)C1CCCCC1. The normalized spacial score (nSPS) is 14.4. The Kier molecular flexibility index (Phi) is 7.04. The number of carboxylic acids is 1. The van der Waals surface area contributed by atoms with E-state index in [0.717, 1.165) is 28.8 Å². The molecular weight excluding hydrogens is 390 g/mol. The number of carbonyl (C=O) groups is 3. The van der Waals surface area contributed by atoms with Crippen LogP contribution in [0, 0.1) is 0 Å². The van der Waals surface area contributed by atoms with Gasteiger partial charge in [-0.25, -0.2) is 9.59 Å². The summed E-state index contributed by atoms with van der Waals surface area (Å²) in [5, 5.41) is 8.63. The molecule has 3 rings (SSSR count). The average Bonchev–Trinajstić information content (AvgIpc) is 3.21. The molecule has 0 saturated heterocycles. The lowest BCUT2D eigenvalue weighted by Crippen LogP contribution is -2.39. The van der Waals surface area contributed by atoms with Gasteiger partial charge in [0.25, 0.3) is 0 Å². The van der Waals surface area contributed by atoms with Crippen molar-refractivity contribution in [3.8, 4) is 10.4 Å². The summed E-state index contributed by atoms with van der Waals surface area (Å²) in [6.45, 7) is 1.56. The maximum atomic E-state index is 12.2. The Hall–Kier alpha value is -2.67. The van der Waals surface area contributed by atoms with Crippen LogP contribution in [0.4, 0.5) is 0 Å². The molecule has 1 fully saturated rings. The van der Waals surface area contributed by atoms with Crippen molar-refractivity contribution in [1.29, 1.82) is 0 Å². The highest BCUT2D eigenvalue weighted by atomic mass is 32.1. The summed E-state index contributed by atoms with van der Waals surface area (Å²) in [5.41, 5.74) is 2.00. The summed E-state index contributed by atoms with van der Waals surface area (Å²) in [4.78, 5) is 37.9. The molecule has 1 aromatic heterocycles. The molecule has 0 unspecified atom stereocenters. The number of aliphatic carboxylic acids is 1. The summed E-state index contributed by atoms with van der Waals surface area (Å²) < 4.78 is 4.74. The highest BCUT2D eigenvalue weighted by Gasteiger charge is 2.23. The van der Waals surface area contributed by atoms with Crippen molar-refractivity contribution < 1.29 is 24.2 Å². The van der Waals surface area contributed by atoms with Gasteiger partial charge in [0, 0.05) is 24.4 Å². The quantitative estimate of drug-likeness (QED) is 0.680. The van der Waals surface area contributed by atoms with E-state index < -0.39 is 18.5 Å². The molecule has 154 valence electrons. The first-order valence-corrected chi connectivity index (χ1v) is 10.6. The Morgan fingerprint density at radius 2 is 1.90 bits per heavy atom. The van der Waals surface area contributed by atoms with E-state index in [1.165, 1.54) is 30.6 Å². The standard InChI is InChI=1S/C22H25NO5S/c1-15(24)23(18-8-3-2-4-9-18)13-16-6-5-7-17(12-16)19-10-11-20(29-19)22(27)28-14-21(25)26/h5-7,10-12,18H,2-4,8-9,13-14H2,1H3,(H,25,26). The molecule has 1 saturated carbocycles. The van der Waals surface area contributed by atoms with Gasteiger partial charge in [-0.1, -0.05) is 37.5 Å². The zero-order valence-electron chi connectivity index (χ0n) is 16.4. The number of nitrogens with zero attached hydrogens (tertiary/aromatic N) is 1.